The molecular formula is C8H11Cl2Ti-. The third-order valence-electron chi connectivity index (χ3n) is 1.13. The van der Waals surface area contributed by atoms with Crippen molar-refractivity contribution < 1.29 is 21.7 Å². The van der Waals surface area contributed by atoms with Crippen molar-refractivity contribution in [2.24, 2.45) is 0 Å². The molecule has 0 aromatic carbocycles. The molecule has 1 aliphatic carbocycles. The normalized spacial score (nSPS) is 11.8. The standard InChI is InChI=1S/C8H9.2ClH.Ti/c1-2-5-8-6-3-4-7-8;;;/h2-3,6H,1,4-5H2;2*1H;/q-1;;;. The van der Waals surface area contributed by atoms with Crippen molar-refractivity contribution in [3.63, 3.8) is 0 Å². The summed E-state index contributed by atoms with van der Waals surface area (Å²) in [5, 5.41) is 0. The molecule has 62 valence electrons. The first-order valence-corrected chi connectivity index (χ1v) is 2.80. The third-order valence-corrected chi connectivity index (χ3v) is 1.13. The maximum Gasteiger partial charge on any atom is 0 e. The number of hydrogen-bond donors (Lipinski definition) is 0. The molecule has 0 nitrogen and oxygen atoms in total. The van der Waals surface area contributed by atoms with Crippen molar-refractivity contribution in [3.05, 3.63) is 36.5 Å². The van der Waals surface area contributed by atoms with E-state index in [1.807, 2.05) is 6.08 Å². The van der Waals surface area contributed by atoms with E-state index in [9.17, 15) is 0 Å². The summed E-state index contributed by atoms with van der Waals surface area (Å²) in [5.41, 5.74) is 1.28. The Labute approximate surface area is 95.5 Å². The van der Waals surface area contributed by atoms with Crippen LogP contribution in [0.2, 0.25) is 0 Å². The van der Waals surface area contributed by atoms with Crippen molar-refractivity contribution >= 4 is 24.8 Å². The Kier molecular flexibility index (Phi) is 16.8. The minimum Gasteiger partial charge on any atom is -0.269 e. The molecule has 1 rings (SSSR count). The predicted molar refractivity (Wildman–Crippen MR) is 49.8 cm³/mol. The van der Waals surface area contributed by atoms with Gasteiger partial charge in [-0.25, -0.2) is 11.6 Å². The smallest absolute Gasteiger partial charge is 0 e. The molecule has 11 heavy (non-hydrogen) atoms. The van der Waals surface area contributed by atoms with Gasteiger partial charge in [0.15, 0.2) is 0 Å². The van der Waals surface area contributed by atoms with E-state index in [2.05, 4.69) is 24.8 Å². The Bertz CT molecular complexity index is 150. The maximum absolute atomic E-state index is 3.63. The quantitative estimate of drug-likeness (QED) is 0.385. The first kappa shape index (κ1) is 17.6. The van der Waals surface area contributed by atoms with Crippen LogP contribution < -0.4 is 0 Å². The van der Waals surface area contributed by atoms with Crippen LogP contribution in [0.5, 0.6) is 0 Å². The first-order valence-electron chi connectivity index (χ1n) is 2.80. The van der Waals surface area contributed by atoms with Crippen LogP contribution in [0.25, 0.3) is 0 Å². The molecule has 0 saturated carbocycles. The van der Waals surface area contributed by atoms with Crippen LogP contribution in [0, 0.1) is 6.08 Å². The first-order chi connectivity index (χ1) is 3.93. The Morgan fingerprint density at radius 3 is 2.55 bits per heavy atom. The van der Waals surface area contributed by atoms with Crippen LogP contribution in [-0.4, -0.2) is 0 Å². The van der Waals surface area contributed by atoms with E-state index in [0.29, 0.717) is 0 Å². The molecule has 1 aliphatic rings. The largest absolute Gasteiger partial charge is 0.269 e. The SMILES string of the molecule is C=CCC1=[C-]CC=C1.Cl.Cl.[Ti]. The van der Waals surface area contributed by atoms with E-state index in [-0.39, 0.29) is 46.5 Å². The second kappa shape index (κ2) is 10.5. The van der Waals surface area contributed by atoms with Crippen molar-refractivity contribution in [2.75, 3.05) is 0 Å². The second-order valence-electron chi connectivity index (χ2n) is 1.80. The molecule has 0 spiro atoms. The topological polar surface area (TPSA) is 0 Å². The fourth-order valence-corrected chi connectivity index (χ4v) is 0.746. The minimum atomic E-state index is 0. The van der Waals surface area contributed by atoms with Crippen LogP contribution >= 0.6 is 24.8 Å². The molecule has 0 aromatic rings. The summed E-state index contributed by atoms with van der Waals surface area (Å²) in [4.78, 5) is 0. The summed E-state index contributed by atoms with van der Waals surface area (Å²) in [6, 6.07) is 0. The van der Waals surface area contributed by atoms with Crippen molar-refractivity contribution in [1.29, 1.82) is 0 Å². The number of allylic oxidation sites excluding steroid dienone is 5. The van der Waals surface area contributed by atoms with Gasteiger partial charge in [-0.3, -0.25) is 6.08 Å². The van der Waals surface area contributed by atoms with E-state index in [0.717, 1.165) is 12.8 Å². The van der Waals surface area contributed by atoms with Gasteiger partial charge in [0, 0.05) is 21.7 Å². The molecule has 0 radical (unpaired) electrons. The van der Waals surface area contributed by atoms with Crippen LogP contribution in [0.1, 0.15) is 12.8 Å². The number of halogens is 2. The summed E-state index contributed by atoms with van der Waals surface area (Å²) in [7, 11) is 0. The average molecular weight is 226 g/mol. The molecule has 0 aromatic heterocycles. The van der Waals surface area contributed by atoms with Crippen molar-refractivity contribution in [3.8, 4) is 0 Å². The van der Waals surface area contributed by atoms with Gasteiger partial charge in [0.05, 0.1) is 0 Å². The van der Waals surface area contributed by atoms with Gasteiger partial charge in [0.1, 0.15) is 0 Å². The molecule has 0 amide bonds. The molecule has 0 saturated heterocycles. The van der Waals surface area contributed by atoms with E-state index in [4.69, 9.17) is 0 Å². The van der Waals surface area contributed by atoms with Gasteiger partial charge in [-0.2, -0.15) is 6.08 Å². The maximum atomic E-state index is 3.63. The monoisotopic (exact) mass is 225 g/mol. The molecule has 0 heterocycles. The van der Waals surface area contributed by atoms with E-state index >= 15 is 0 Å². The molecule has 0 N–H and O–H groups in total. The zero-order valence-corrected chi connectivity index (χ0v) is 9.36. The van der Waals surface area contributed by atoms with Crippen LogP contribution in [-0.2, 0) is 21.7 Å². The fraction of sp³-hybridized carbons (Fsp3) is 0.250. The molecule has 0 atom stereocenters. The van der Waals surface area contributed by atoms with E-state index in [1.54, 1.807) is 0 Å². The fourth-order valence-electron chi connectivity index (χ4n) is 0.746. The summed E-state index contributed by atoms with van der Waals surface area (Å²) >= 11 is 0. The van der Waals surface area contributed by atoms with Gasteiger partial charge in [0.25, 0.3) is 0 Å². The predicted octanol–water partition coefficient (Wildman–Crippen LogP) is 3.09. The van der Waals surface area contributed by atoms with Crippen molar-refractivity contribution in [1.82, 2.24) is 0 Å². The van der Waals surface area contributed by atoms with E-state index in [1.165, 1.54) is 5.57 Å². The Hall–Kier alpha value is 0.514. The van der Waals surface area contributed by atoms with Crippen LogP contribution in [0.15, 0.2) is 30.4 Å². The summed E-state index contributed by atoms with van der Waals surface area (Å²) in [6.45, 7) is 3.63. The molecule has 0 fully saturated rings. The Morgan fingerprint density at radius 1 is 1.55 bits per heavy atom. The van der Waals surface area contributed by atoms with Gasteiger partial charge >= 0.3 is 0 Å². The second-order valence-corrected chi connectivity index (χ2v) is 1.80. The summed E-state index contributed by atoms with van der Waals surface area (Å²) in [5.74, 6) is 0. The zero-order valence-electron chi connectivity index (χ0n) is 6.17. The van der Waals surface area contributed by atoms with Gasteiger partial charge in [-0.05, 0) is 6.42 Å². The van der Waals surface area contributed by atoms with Crippen LogP contribution in [0.3, 0.4) is 0 Å². The van der Waals surface area contributed by atoms with Gasteiger partial charge in [-0.15, -0.1) is 37.8 Å². The zero-order chi connectivity index (χ0) is 5.82. The average Bonchev–Trinajstić information content (AvgIpc) is 2.19. The van der Waals surface area contributed by atoms with Crippen molar-refractivity contribution in [2.45, 2.75) is 12.8 Å². The molecular weight excluding hydrogens is 215 g/mol. The molecule has 0 aliphatic heterocycles. The van der Waals surface area contributed by atoms with E-state index < -0.39 is 0 Å². The van der Waals surface area contributed by atoms with Gasteiger partial charge in [-0.1, -0.05) is 6.08 Å². The van der Waals surface area contributed by atoms with Gasteiger partial charge < -0.3 is 0 Å². The number of hydrogen-bond acceptors (Lipinski definition) is 0. The summed E-state index contributed by atoms with van der Waals surface area (Å²) < 4.78 is 0. The minimum absolute atomic E-state index is 0. The van der Waals surface area contributed by atoms with Gasteiger partial charge in [0.2, 0.25) is 0 Å². The molecule has 3 heteroatoms. The Balaban J connectivity index is -0.000000213. The number of rotatable bonds is 2. The Morgan fingerprint density at radius 2 is 2.18 bits per heavy atom. The summed E-state index contributed by atoms with van der Waals surface area (Å²) in [6.07, 6.45) is 11.3. The molecule has 0 unspecified atom stereocenters. The van der Waals surface area contributed by atoms with Crippen LogP contribution in [0.4, 0.5) is 0 Å². The third kappa shape index (κ3) is 6.89. The molecule has 0 bridgehead atoms.